The Kier molecular flexibility index (Phi) is 12.8. The predicted octanol–water partition coefficient (Wildman–Crippen LogP) is 8.22. The van der Waals surface area contributed by atoms with E-state index in [1.807, 2.05) is 45.0 Å². The number of nitrogens with zero attached hydrogens (tertiary/aromatic N) is 2. The van der Waals surface area contributed by atoms with E-state index in [0.717, 1.165) is 43.1 Å². The SMILES string of the molecule is C=CCOC12Oc3ccc(Oc4cccc(C=O)c4)cc3C3C(CCCCO)C(CCCCO)C=C(C(=NOC(C)(C)C)CC1N(C)C(=O)c1ccc4c(c1)OCO4)C32. The van der Waals surface area contributed by atoms with Crippen molar-refractivity contribution >= 4 is 17.9 Å². The van der Waals surface area contributed by atoms with Crippen LogP contribution in [-0.2, 0) is 9.57 Å². The monoisotopic (exact) mass is 808 g/mol. The number of amides is 1. The topological polar surface area (TPSA) is 146 Å². The number of benzene rings is 3. The number of unbranched alkanes of at least 4 members (excludes halogenated alkanes) is 2. The number of oxime groups is 1. The Morgan fingerprint density at radius 3 is 2.46 bits per heavy atom. The first kappa shape index (κ1) is 42.0. The summed E-state index contributed by atoms with van der Waals surface area (Å²) in [4.78, 5) is 34.2. The molecule has 6 unspecified atom stereocenters. The van der Waals surface area contributed by atoms with Crippen LogP contribution in [-0.4, -0.2) is 84.1 Å². The van der Waals surface area contributed by atoms with Crippen LogP contribution in [0.4, 0.5) is 0 Å². The van der Waals surface area contributed by atoms with Crippen LogP contribution >= 0.6 is 0 Å². The average molecular weight is 809 g/mol. The van der Waals surface area contributed by atoms with Crippen LogP contribution in [0.2, 0.25) is 0 Å². The van der Waals surface area contributed by atoms with Crippen LogP contribution in [0.25, 0.3) is 0 Å². The molecule has 6 atom stereocenters. The number of hydrogen-bond acceptors (Lipinski definition) is 11. The zero-order valence-electron chi connectivity index (χ0n) is 34.4. The smallest absolute Gasteiger partial charge is 0.254 e. The number of carbonyl (C=O) groups is 2. The number of aliphatic hydroxyl groups is 2. The van der Waals surface area contributed by atoms with Gasteiger partial charge in [0, 0.05) is 49.3 Å². The van der Waals surface area contributed by atoms with E-state index in [4.69, 9.17) is 33.7 Å². The number of hydrogen-bond donors (Lipinski definition) is 2. The van der Waals surface area contributed by atoms with Gasteiger partial charge in [0.1, 0.15) is 35.2 Å². The highest BCUT2D eigenvalue weighted by atomic mass is 16.7. The molecule has 0 saturated heterocycles. The molecule has 0 spiro atoms. The molecule has 2 heterocycles. The van der Waals surface area contributed by atoms with Crippen molar-refractivity contribution in [3.63, 3.8) is 0 Å². The van der Waals surface area contributed by atoms with Gasteiger partial charge in [-0.05, 0) is 112 Å². The maximum absolute atomic E-state index is 14.7. The van der Waals surface area contributed by atoms with Crippen LogP contribution in [0, 0.1) is 17.8 Å². The van der Waals surface area contributed by atoms with Crippen molar-refractivity contribution in [2.24, 2.45) is 22.9 Å². The van der Waals surface area contributed by atoms with Gasteiger partial charge in [-0.2, -0.15) is 0 Å². The van der Waals surface area contributed by atoms with E-state index in [0.29, 0.717) is 58.4 Å². The zero-order chi connectivity index (χ0) is 41.7. The highest BCUT2D eigenvalue weighted by Gasteiger charge is 2.65. The molecule has 3 aromatic rings. The second-order valence-electron chi connectivity index (χ2n) is 16.8. The first-order valence-corrected chi connectivity index (χ1v) is 20.7. The molecular formula is C47H56N2O10. The number of likely N-dealkylation sites (N-methyl/N-ethyl adjacent to an activating group) is 1. The molecule has 59 heavy (non-hydrogen) atoms. The maximum atomic E-state index is 14.7. The molecule has 2 aliphatic carbocycles. The Bertz CT molecular complexity index is 2070. The maximum Gasteiger partial charge on any atom is 0.254 e. The third-order valence-electron chi connectivity index (χ3n) is 11.7. The van der Waals surface area contributed by atoms with E-state index >= 15 is 0 Å². The van der Waals surface area contributed by atoms with Crippen molar-refractivity contribution in [1.29, 1.82) is 0 Å². The summed E-state index contributed by atoms with van der Waals surface area (Å²) in [6.07, 6.45) is 9.59. The Morgan fingerprint density at radius 1 is 0.966 bits per heavy atom. The summed E-state index contributed by atoms with van der Waals surface area (Å²) in [5.41, 5.74) is 2.88. The van der Waals surface area contributed by atoms with Gasteiger partial charge in [-0.15, -0.1) is 6.58 Å². The summed E-state index contributed by atoms with van der Waals surface area (Å²) in [6.45, 7) is 10.3. The van der Waals surface area contributed by atoms with Gasteiger partial charge < -0.3 is 43.6 Å². The molecule has 1 amide bonds. The third kappa shape index (κ3) is 8.76. The first-order chi connectivity index (χ1) is 28.5. The van der Waals surface area contributed by atoms with E-state index in [1.54, 1.807) is 54.4 Å². The third-order valence-corrected chi connectivity index (χ3v) is 11.7. The summed E-state index contributed by atoms with van der Waals surface area (Å²) in [5.74, 6) is 0.496. The highest BCUT2D eigenvalue weighted by Crippen LogP contribution is 2.62. The van der Waals surface area contributed by atoms with Gasteiger partial charge in [-0.1, -0.05) is 42.3 Å². The minimum Gasteiger partial charge on any atom is -0.459 e. The number of rotatable bonds is 17. The number of fused-ring (bicyclic) bond motifs is 3. The number of aldehydes is 1. The van der Waals surface area contributed by atoms with E-state index < -0.39 is 23.3 Å². The molecule has 1 fully saturated rings. The van der Waals surface area contributed by atoms with E-state index in [1.165, 1.54) is 0 Å². The standard InChI is InChI=1S/C47H56N2O10/c1-6-22-56-47-42(49(5)45(53)32-16-18-40-41(25-32)55-29-54-40)27-38(48-59-46(2,3)4)36-24-31(13-7-9-20-50)35(15-8-10-21-51)43(44(36)47)37-26-34(17-19-39(37)58-47)57-33-14-11-12-30(23-33)28-52/h6,11-12,14,16-19,23-26,28,31,35,42-44,50-51H,1,7-10,13,15,20-22,27,29H2,2-5H3. The minimum atomic E-state index is -1.41. The fraction of sp³-hybridized carbons (Fsp3) is 0.468. The molecule has 2 N–H and O–H groups in total. The lowest BCUT2D eigenvalue weighted by Gasteiger charge is -2.59. The molecule has 12 heteroatoms. The predicted molar refractivity (Wildman–Crippen MR) is 222 cm³/mol. The van der Waals surface area contributed by atoms with E-state index in [2.05, 4.69) is 12.7 Å². The number of ether oxygens (including phenoxy) is 5. The van der Waals surface area contributed by atoms with Crippen LogP contribution in [0.1, 0.15) is 97.9 Å². The summed E-state index contributed by atoms with van der Waals surface area (Å²) in [5, 5.41) is 24.7. The van der Waals surface area contributed by atoms with Gasteiger partial charge in [-0.25, -0.2) is 0 Å². The van der Waals surface area contributed by atoms with Gasteiger partial charge in [0.2, 0.25) is 12.6 Å². The van der Waals surface area contributed by atoms with Crippen molar-refractivity contribution in [2.75, 3.05) is 33.7 Å². The lowest BCUT2D eigenvalue weighted by molar-refractivity contribution is -0.252. The Hall–Kier alpha value is -5.17. The summed E-state index contributed by atoms with van der Waals surface area (Å²) < 4.78 is 31.9. The second-order valence-corrected chi connectivity index (χ2v) is 16.8. The van der Waals surface area contributed by atoms with Crippen molar-refractivity contribution in [1.82, 2.24) is 4.90 Å². The largest absolute Gasteiger partial charge is 0.459 e. The number of aliphatic hydroxyl groups excluding tert-OH is 2. The molecule has 314 valence electrons. The summed E-state index contributed by atoms with van der Waals surface area (Å²) in [6, 6.07) is 17.2. The number of allylic oxidation sites excluding steroid dienone is 1. The van der Waals surface area contributed by atoms with Crippen LogP contribution in [0.5, 0.6) is 28.7 Å². The molecular weight excluding hydrogens is 753 g/mol. The molecule has 1 saturated carbocycles. The van der Waals surface area contributed by atoms with Gasteiger partial charge in [0.15, 0.2) is 11.5 Å². The number of carbonyl (C=O) groups excluding carboxylic acids is 2. The van der Waals surface area contributed by atoms with Crippen LogP contribution in [0.3, 0.4) is 0 Å². The van der Waals surface area contributed by atoms with E-state index in [9.17, 15) is 19.8 Å². The lowest BCUT2D eigenvalue weighted by Crippen LogP contribution is -2.69. The first-order valence-electron chi connectivity index (χ1n) is 20.7. The molecule has 12 nitrogen and oxygen atoms in total. The summed E-state index contributed by atoms with van der Waals surface area (Å²) >= 11 is 0. The summed E-state index contributed by atoms with van der Waals surface area (Å²) in [7, 11) is 1.77. The molecule has 0 bridgehead atoms. The average Bonchev–Trinajstić information content (AvgIpc) is 3.71. The molecule has 0 aromatic heterocycles. The molecule has 2 aliphatic heterocycles. The highest BCUT2D eigenvalue weighted by molar-refractivity contribution is 6.03. The minimum absolute atomic E-state index is 0.0374. The van der Waals surface area contributed by atoms with Crippen LogP contribution in [0.15, 0.2) is 90.1 Å². The fourth-order valence-electron chi connectivity index (χ4n) is 9.15. The fourth-order valence-corrected chi connectivity index (χ4v) is 9.15. The van der Waals surface area contributed by atoms with Gasteiger partial charge in [0.05, 0.1) is 18.2 Å². The van der Waals surface area contributed by atoms with Gasteiger partial charge in [0.25, 0.3) is 5.91 Å². The Labute approximate surface area is 346 Å². The Morgan fingerprint density at radius 2 is 1.71 bits per heavy atom. The molecule has 3 aromatic carbocycles. The molecule has 4 aliphatic rings. The molecule has 0 radical (unpaired) electrons. The van der Waals surface area contributed by atoms with Gasteiger partial charge in [-0.3, -0.25) is 9.59 Å². The van der Waals surface area contributed by atoms with Crippen molar-refractivity contribution in [2.45, 2.75) is 89.1 Å². The van der Waals surface area contributed by atoms with Gasteiger partial charge >= 0.3 is 0 Å². The molecule has 7 rings (SSSR count). The van der Waals surface area contributed by atoms with E-state index in [-0.39, 0.29) is 56.7 Å². The quantitative estimate of drug-likeness (QED) is 0.0592. The van der Waals surface area contributed by atoms with Crippen molar-refractivity contribution in [3.05, 3.63) is 102 Å². The lowest BCUT2D eigenvalue weighted by atomic mass is 9.55. The van der Waals surface area contributed by atoms with Crippen LogP contribution < -0.4 is 18.9 Å². The Balaban J connectivity index is 1.43. The second kappa shape index (κ2) is 18.0. The zero-order valence-corrected chi connectivity index (χ0v) is 34.4. The normalized spacial score (nSPS) is 24.6. The van der Waals surface area contributed by atoms with Crippen molar-refractivity contribution in [3.8, 4) is 28.7 Å². The van der Waals surface area contributed by atoms with Crippen molar-refractivity contribution < 1.29 is 48.3 Å².